The zero-order valence-electron chi connectivity index (χ0n) is 7.22. The third kappa shape index (κ3) is 6.85. The second-order valence-corrected chi connectivity index (χ2v) is 2.55. The minimum Gasteiger partial charge on any atom is -0.447 e. The summed E-state index contributed by atoms with van der Waals surface area (Å²) in [6, 6.07) is 0. The third-order valence-electron chi connectivity index (χ3n) is 0.964. The van der Waals surface area contributed by atoms with Crippen molar-refractivity contribution in [2.75, 3.05) is 6.54 Å². The summed E-state index contributed by atoms with van der Waals surface area (Å²) in [5, 5.41) is 2.34. The van der Waals surface area contributed by atoms with E-state index in [4.69, 9.17) is 10.5 Å². The summed E-state index contributed by atoms with van der Waals surface area (Å²) in [7, 11) is 0. The third-order valence-corrected chi connectivity index (χ3v) is 0.964. The van der Waals surface area contributed by atoms with Crippen molar-refractivity contribution < 1.29 is 14.3 Å². The van der Waals surface area contributed by atoms with Crippen LogP contribution >= 0.6 is 0 Å². The van der Waals surface area contributed by atoms with E-state index in [1.807, 2.05) is 0 Å². The minimum absolute atomic E-state index is 0.0210. The highest BCUT2D eigenvalue weighted by atomic mass is 16.6. The lowest BCUT2D eigenvalue weighted by Crippen LogP contribution is -2.28. The average Bonchev–Trinajstić information content (AvgIpc) is 1.84. The molecule has 5 nitrogen and oxygen atoms in total. The molecule has 0 aliphatic rings. The quantitative estimate of drug-likeness (QED) is 0.664. The van der Waals surface area contributed by atoms with Crippen molar-refractivity contribution in [1.29, 1.82) is 0 Å². The van der Waals surface area contributed by atoms with Crippen LogP contribution in [0, 0.1) is 0 Å². The van der Waals surface area contributed by atoms with Crippen LogP contribution in [0.1, 0.15) is 20.3 Å². The monoisotopic (exact) mass is 173 g/mol. The number of carbonyl (C=O) groups excluding carboxylic acids is 2. The van der Waals surface area contributed by atoms with E-state index < -0.39 is 12.0 Å². The molecule has 0 aromatic carbocycles. The van der Waals surface area contributed by atoms with Crippen LogP contribution < -0.4 is 11.1 Å². The SMILES string of the molecule is CC(C)OC(=O)NCCC([NH])=O. The Bertz CT molecular complexity index is 168. The van der Waals surface area contributed by atoms with Crippen LogP contribution in [0.5, 0.6) is 0 Å². The molecule has 69 valence electrons. The molecule has 12 heavy (non-hydrogen) atoms. The Hall–Kier alpha value is -1.26. The number of carbonyl (C=O) groups is 2. The second kappa shape index (κ2) is 5.40. The fourth-order valence-electron chi connectivity index (χ4n) is 0.534. The molecule has 0 atom stereocenters. The van der Waals surface area contributed by atoms with Crippen molar-refractivity contribution in [2.45, 2.75) is 26.4 Å². The van der Waals surface area contributed by atoms with Crippen LogP contribution in [0.2, 0.25) is 0 Å². The van der Waals surface area contributed by atoms with Crippen molar-refractivity contribution in [3.05, 3.63) is 0 Å². The smallest absolute Gasteiger partial charge is 0.407 e. The normalized spacial score (nSPS) is 9.58. The van der Waals surface area contributed by atoms with Gasteiger partial charge in [0, 0.05) is 13.0 Å². The molecule has 2 amide bonds. The second-order valence-electron chi connectivity index (χ2n) is 2.55. The van der Waals surface area contributed by atoms with Gasteiger partial charge in [-0.05, 0) is 13.8 Å². The number of rotatable bonds is 4. The molecule has 0 aliphatic carbocycles. The summed E-state index contributed by atoms with van der Waals surface area (Å²) in [4.78, 5) is 20.9. The molecule has 0 spiro atoms. The van der Waals surface area contributed by atoms with E-state index in [1.165, 1.54) is 0 Å². The highest BCUT2D eigenvalue weighted by molar-refractivity contribution is 5.74. The van der Waals surface area contributed by atoms with E-state index in [0.29, 0.717) is 0 Å². The summed E-state index contributed by atoms with van der Waals surface area (Å²) in [6.45, 7) is 3.62. The Balaban J connectivity index is 3.38. The van der Waals surface area contributed by atoms with Crippen molar-refractivity contribution in [3.8, 4) is 0 Å². The molecule has 0 unspecified atom stereocenters. The van der Waals surface area contributed by atoms with Gasteiger partial charge in [-0.1, -0.05) is 0 Å². The van der Waals surface area contributed by atoms with Crippen LogP contribution in [0.15, 0.2) is 0 Å². The molecule has 0 aromatic rings. The number of amides is 2. The van der Waals surface area contributed by atoms with Crippen molar-refractivity contribution in [2.24, 2.45) is 0 Å². The van der Waals surface area contributed by atoms with Gasteiger partial charge in [-0.15, -0.1) is 0 Å². The number of hydrogen-bond acceptors (Lipinski definition) is 3. The number of hydrogen-bond donors (Lipinski definition) is 1. The molecule has 0 aromatic heterocycles. The minimum atomic E-state index is -0.695. The van der Waals surface area contributed by atoms with Crippen LogP contribution in [0.3, 0.4) is 0 Å². The van der Waals surface area contributed by atoms with E-state index in [9.17, 15) is 9.59 Å². The average molecular weight is 173 g/mol. The van der Waals surface area contributed by atoms with Gasteiger partial charge in [0.15, 0.2) is 0 Å². The molecule has 0 heterocycles. The molecule has 5 heteroatoms. The molecule has 0 bridgehead atoms. The van der Waals surface area contributed by atoms with Gasteiger partial charge < -0.3 is 10.1 Å². The standard InChI is InChI=1S/C7H13N2O3/c1-5(2)12-7(11)9-4-3-6(8)10/h5,8H,3-4H2,1-2H3,(H,9,11). The van der Waals surface area contributed by atoms with Gasteiger partial charge in [-0.3, -0.25) is 10.5 Å². The molecular formula is C7H13N2O3. The Morgan fingerprint density at radius 3 is 2.50 bits per heavy atom. The molecule has 0 rings (SSSR count). The highest BCUT2D eigenvalue weighted by Crippen LogP contribution is 1.87. The van der Waals surface area contributed by atoms with Crippen molar-refractivity contribution in [3.63, 3.8) is 0 Å². The van der Waals surface area contributed by atoms with Gasteiger partial charge in [0.05, 0.1) is 6.10 Å². The molecular weight excluding hydrogens is 160 g/mol. The summed E-state index contributed by atoms with van der Waals surface area (Å²) in [5.74, 6) is -0.695. The Morgan fingerprint density at radius 1 is 1.50 bits per heavy atom. The first-order valence-corrected chi connectivity index (χ1v) is 3.71. The van der Waals surface area contributed by atoms with E-state index in [-0.39, 0.29) is 19.1 Å². The van der Waals surface area contributed by atoms with E-state index >= 15 is 0 Å². The van der Waals surface area contributed by atoms with E-state index in [1.54, 1.807) is 13.8 Å². The molecule has 0 saturated carbocycles. The molecule has 0 fully saturated rings. The lowest BCUT2D eigenvalue weighted by atomic mass is 10.4. The van der Waals surface area contributed by atoms with Gasteiger partial charge in [0.1, 0.15) is 0 Å². The Labute approximate surface area is 71.3 Å². The fourth-order valence-corrected chi connectivity index (χ4v) is 0.534. The van der Waals surface area contributed by atoms with Gasteiger partial charge in [-0.25, -0.2) is 4.79 Å². The zero-order chi connectivity index (χ0) is 9.56. The maximum Gasteiger partial charge on any atom is 0.407 e. The maximum atomic E-state index is 10.7. The number of nitrogens with one attached hydrogen (secondary N) is 2. The first-order chi connectivity index (χ1) is 5.52. The summed E-state index contributed by atoms with van der Waals surface area (Å²) >= 11 is 0. The van der Waals surface area contributed by atoms with Crippen molar-refractivity contribution in [1.82, 2.24) is 11.1 Å². The van der Waals surface area contributed by atoms with Gasteiger partial charge in [-0.2, -0.15) is 0 Å². The van der Waals surface area contributed by atoms with Crippen LogP contribution in [-0.4, -0.2) is 24.6 Å². The largest absolute Gasteiger partial charge is 0.447 e. The first kappa shape index (κ1) is 10.7. The maximum absolute atomic E-state index is 10.7. The molecule has 0 aliphatic heterocycles. The zero-order valence-corrected chi connectivity index (χ0v) is 7.22. The Morgan fingerprint density at radius 2 is 2.08 bits per heavy atom. The highest BCUT2D eigenvalue weighted by Gasteiger charge is 2.03. The van der Waals surface area contributed by atoms with E-state index in [0.717, 1.165) is 0 Å². The topological polar surface area (TPSA) is 79.2 Å². The Kier molecular flexibility index (Phi) is 4.83. The van der Waals surface area contributed by atoms with Gasteiger partial charge in [0.2, 0.25) is 5.91 Å². The van der Waals surface area contributed by atoms with Gasteiger partial charge in [0.25, 0.3) is 0 Å². The molecule has 1 radical (unpaired) electrons. The lowest BCUT2D eigenvalue weighted by molar-refractivity contribution is -0.118. The van der Waals surface area contributed by atoms with Crippen LogP contribution in [0.4, 0.5) is 4.79 Å². The van der Waals surface area contributed by atoms with Crippen LogP contribution in [0.25, 0.3) is 0 Å². The lowest BCUT2D eigenvalue weighted by Gasteiger charge is -2.07. The fraction of sp³-hybridized carbons (Fsp3) is 0.714. The summed E-state index contributed by atoms with van der Waals surface area (Å²) < 4.78 is 4.71. The predicted molar refractivity (Wildman–Crippen MR) is 42.3 cm³/mol. The molecule has 0 saturated heterocycles. The summed E-state index contributed by atoms with van der Waals surface area (Å²) in [6.07, 6.45) is -0.698. The van der Waals surface area contributed by atoms with Crippen molar-refractivity contribution >= 4 is 12.0 Å². The molecule has 2 N–H and O–H groups in total. The number of alkyl carbamates (subject to hydrolysis) is 1. The van der Waals surface area contributed by atoms with Crippen LogP contribution in [-0.2, 0) is 9.53 Å². The van der Waals surface area contributed by atoms with Gasteiger partial charge >= 0.3 is 6.09 Å². The number of ether oxygens (including phenoxy) is 1. The van der Waals surface area contributed by atoms with E-state index in [2.05, 4.69) is 5.32 Å². The summed E-state index contributed by atoms with van der Waals surface area (Å²) in [5.41, 5.74) is 6.53. The predicted octanol–water partition coefficient (Wildman–Crippen LogP) is 0.321. The first-order valence-electron chi connectivity index (χ1n) is 3.71.